The number of nitro groups is 1. The number of hydrogen-bond acceptors (Lipinski definition) is 9. The monoisotopic (exact) mass is 660 g/mol. The van der Waals surface area contributed by atoms with E-state index in [9.17, 15) is 36.5 Å². The zero-order chi connectivity index (χ0) is 33.1. The predicted octanol–water partition coefficient (Wildman–Crippen LogP) is 6.17. The van der Waals surface area contributed by atoms with Gasteiger partial charge in [0.25, 0.3) is 11.6 Å². The molecule has 0 aromatic heterocycles. The topological polar surface area (TPSA) is 135 Å². The van der Waals surface area contributed by atoms with Crippen LogP contribution in [-0.2, 0) is 25.3 Å². The highest BCUT2D eigenvalue weighted by atomic mass is 32.2. The van der Waals surface area contributed by atoms with E-state index in [4.69, 9.17) is 13.9 Å². The molecule has 242 valence electrons. The van der Waals surface area contributed by atoms with E-state index < -0.39 is 65.2 Å². The molecule has 0 saturated carbocycles. The van der Waals surface area contributed by atoms with Crippen LogP contribution in [0.15, 0.2) is 54.3 Å². The summed E-state index contributed by atoms with van der Waals surface area (Å²) in [5.41, 5.74) is -5.83. The maximum atomic E-state index is 13.9. The van der Waals surface area contributed by atoms with Crippen LogP contribution in [0.5, 0.6) is 11.5 Å². The number of rotatable bonds is 11. The van der Waals surface area contributed by atoms with Crippen LogP contribution in [0.4, 0.5) is 18.9 Å². The Labute approximate surface area is 254 Å². The number of hydrogen-bond donors (Lipinski definition) is 0. The molecule has 3 rings (SSSR count). The molecule has 11 nitrogen and oxygen atoms in total. The third kappa shape index (κ3) is 8.09. The van der Waals surface area contributed by atoms with Crippen molar-refractivity contribution in [1.29, 1.82) is 0 Å². The van der Waals surface area contributed by atoms with Gasteiger partial charge in [0.05, 0.1) is 30.7 Å². The molecule has 0 fully saturated rings. The number of nitro benzene ring substituents is 1. The summed E-state index contributed by atoms with van der Waals surface area (Å²) in [4.78, 5) is 26.4. The van der Waals surface area contributed by atoms with Crippen molar-refractivity contribution in [2.45, 2.75) is 63.5 Å². The van der Waals surface area contributed by atoms with Crippen LogP contribution >= 0.6 is 0 Å². The molecule has 1 unspecified atom stereocenters. The van der Waals surface area contributed by atoms with Crippen LogP contribution in [0.25, 0.3) is 0 Å². The standard InChI is InChI=1S/C28H35F3N2O9SSi/c1-27(2,3)44(5,6)41-18-20-14-21(42-43(37,38)28(29,30)31)12-13-32(20)26(34)22-15-24(39-4)25(16-23(22)33(35)36)40-17-19-10-8-7-9-11-19/h7-12,15-16,20H,13-14,17-18H2,1-6H3. The van der Waals surface area contributed by atoms with Crippen LogP contribution in [-0.4, -0.2) is 64.3 Å². The van der Waals surface area contributed by atoms with Gasteiger partial charge in [0.15, 0.2) is 19.8 Å². The number of alkyl halides is 3. The van der Waals surface area contributed by atoms with E-state index in [0.29, 0.717) is 0 Å². The molecular weight excluding hydrogens is 625 g/mol. The lowest BCUT2D eigenvalue weighted by molar-refractivity contribution is -0.385. The van der Waals surface area contributed by atoms with Crippen molar-refractivity contribution in [1.82, 2.24) is 4.90 Å². The molecule has 16 heteroatoms. The summed E-state index contributed by atoms with van der Waals surface area (Å²) < 4.78 is 84.1. The number of nitrogens with zero attached hydrogens (tertiary/aromatic N) is 2. The zero-order valence-electron chi connectivity index (χ0n) is 25.1. The molecule has 0 bridgehead atoms. The van der Waals surface area contributed by atoms with Gasteiger partial charge in [-0.25, -0.2) is 0 Å². The van der Waals surface area contributed by atoms with Gasteiger partial charge in [-0.3, -0.25) is 14.9 Å². The van der Waals surface area contributed by atoms with Crippen molar-refractivity contribution in [2.75, 3.05) is 20.3 Å². The van der Waals surface area contributed by atoms with Crippen LogP contribution in [0.2, 0.25) is 18.1 Å². The molecule has 2 aromatic carbocycles. The minimum atomic E-state index is -5.96. The minimum Gasteiger partial charge on any atom is -0.493 e. The highest BCUT2D eigenvalue weighted by Gasteiger charge is 2.49. The molecule has 1 aliphatic heterocycles. The van der Waals surface area contributed by atoms with Crippen molar-refractivity contribution in [3.8, 4) is 11.5 Å². The summed E-state index contributed by atoms with van der Waals surface area (Å²) in [6.07, 6.45) is 0.573. The smallest absolute Gasteiger partial charge is 0.493 e. The number of carbonyl (C=O) groups excluding carboxylic acids is 1. The normalized spacial score (nSPS) is 16.2. The fourth-order valence-corrected chi connectivity index (χ4v) is 5.54. The summed E-state index contributed by atoms with van der Waals surface area (Å²) in [5.74, 6) is -1.31. The molecule has 0 radical (unpaired) electrons. The first-order valence-corrected chi connectivity index (χ1v) is 17.8. The first-order valence-electron chi connectivity index (χ1n) is 13.4. The Kier molecular flexibility index (Phi) is 10.4. The molecular formula is C28H35F3N2O9SSi. The van der Waals surface area contributed by atoms with Gasteiger partial charge < -0.3 is 23.0 Å². The van der Waals surface area contributed by atoms with E-state index in [1.54, 1.807) is 24.3 Å². The molecule has 0 aliphatic carbocycles. The van der Waals surface area contributed by atoms with Crippen LogP contribution in [0, 0.1) is 10.1 Å². The molecule has 2 aromatic rings. The first kappa shape index (κ1) is 34.9. The fourth-order valence-electron chi connectivity index (χ4n) is 3.98. The molecule has 0 spiro atoms. The maximum Gasteiger partial charge on any atom is 0.534 e. The molecule has 1 amide bonds. The number of halogens is 3. The third-order valence-corrected chi connectivity index (χ3v) is 13.0. The Balaban J connectivity index is 1.99. The predicted molar refractivity (Wildman–Crippen MR) is 157 cm³/mol. The molecule has 1 atom stereocenters. The average Bonchev–Trinajstić information content (AvgIpc) is 2.93. The maximum absolute atomic E-state index is 13.9. The quantitative estimate of drug-likeness (QED) is 0.0912. The van der Waals surface area contributed by atoms with Crippen LogP contribution in [0.3, 0.4) is 0 Å². The molecule has 1 heterocycles. The van der Waals surface area contributed by atoms with Crippen LogP contribution < -0.4 is 9.47 Å². The second-order valence-corrected chi connectivity index (χ2v) is 17.9. The third-order valence-electron chi connectivity index (χ3n) is 7.54. The van der Waals surface area contributed by atoms with Gasteiger partial charge in [0.1, 0.15) is 17.9 Å². The van der Waals surface area contributed by atoms with Gasteiger partial charge in [0, 0.05) is 19.0 Å². The Morgan fingerprint density at radius 1 is 1.11 bits per heavy atom. The van der Waals surface area contributed by atoms with Crippen molar-refractivity contribution in [3.63, 3.8) is 0 Å². The summed E-state index contributed by atoms with van der Waals surface area (Å²) in [7, 11) is -7.12. The molecule has 1 aliphatic rings. The lowest BCUT2D eigenvalue weighted by Crippen LogP contribution is -2.50. The summed E-state index contributed by atoms with van der Waals surface area (Å²) in [6.45, 7) is 9.21. The van der Waals surface area contributed by atoms with E-state index in [1.807, 2.05) is 39.9 Å². The minimum absolute atomic E-state index is 0.0176. The van der Waals surface area contributed by atoms with E-state index in [1.165, 1.54) is 12.0 Å². The largest absolute Gasteiger partial charge is 0.534 e. The summed E-state index contributed by atoms with van der Waals surface area (Å²) >= 11 is 0. The Bertz CT molecular complexity index is 1510. The van der Waals surface area contributed by atoms with Gasteiger partial charge >= 0.3 is 15.6 Å². The average molecular weight is 661 g/mol. The van der Waals surface area contributed by atoms with Crippen molar-refractivity contribution < 1.29 is 49.4 Å². The Hall–Kier alpha value is -3.63. The van der Waals surface area contributed by atoms with Crippen molar-refractivity contribution in [3.05, 3.63) is 75.5 Å². The number of carbonyl (C=O) groups is 1. The zero-order valence-corrected chi connectivity index (χ0v) is 27.0. The number of benzene rings is 2. The lowest BCUT2D eigenvalue weighted by atomic mass is 10.0. The molecule has 0 saturated heterocycles. The molecule has 44 heavy (non-hydrogen) atoms. The number of amides is 1. The second-order valence-electron chi connectivity index (χ2n) is 11.6. The first-order chi connectivity index (χ1) is 20.3. The van der Waals surface area contributed by atoms with Crippen molar-refractivity contribution in [2.24, 2.45) is 0 Å². The summed E-state index contributed by atoms with van der Waals surface area (Å²) in [6, 6.07) is 10.2. The van der Waals surface area contributed by atoms with E-state index >= 15 is 0 Å². The van der Waals surface area contributed by atoms with Crippen LogP contribution in [0.1, 0.15) is 43.1 Å². The second kappa shape index (κ2) is 13.2. The Morgan fingerprint density at radius 2 is 1.75 bits per heavy atom. The Morgan fingerprint density at radius 3 is 2.30 bits per heavy atom. The SMILES string of the molecule is COc1cc(C(=O)N2CC=C(OS(=O)(=O)C(F)(F)F)CC2CO[Si](C)(C)C(C)(C)C)c([N+](=O)[O-])cc1OCc1ccccc1. The van der Waals surface area contributed by atoms with Crippen molar-refractivity contribution >= 4 is 30.0 Å². The molecule has 0 N–H and O–H groups in total. The van der Waals surface area contributed by atoms with E-state index in [2.05, 4.69) is 4.18 Å². The fraction of sp³-hybridized carbons (Fsp3) is 0.464. The number of ether oxygens (including phenoxy) is 2. The van der Waals surface area contributed by atoms with E-state index in [0.717, 1.165) is 23.8 Å². The highest BCUT2D eigenvalue weighted by molar-refractivity contribution is 7.87. The van der Waals surface area contributed by atoms with Gasteiger partial charge in [-0.2, -0.15) is 21.6 Å². The van der Waals surface area contributed by atoms with E-state index in [-0.39, 0.29) is 35.3 Å². The van der Waals surface area contributed by atoms with Gasteiger partial charge in [-0.1, -0.05) is 51.1 Å². The van der Waals surface area contributed by atoms with Gasteiger partial charge in [0.2, 0.25) is 0 Å². The van der Waals surface area contributed by atoms with Gasteiger partial charge in [-0.15, -0.1) is 0 Å². The lowest BCUT2D eigenvalue weighted by Gasteiger charge is -2.40. The summed E-state index contributed by atoms with van der Waals surface area (Å²) in [5, 5.41) is 11.8. The number of methoxy groups -OCH3 is 1. The highest BCUT2D eigenvalue weighted by Crippen LogP contribution is 2.39. The van der Waals surface area contributed by atoms with Gasteiger partial charge in [-0.05, 0) is 29.8 Å².